The number of primary sulfonamides is 1. The Morgan fingerprint density at radius 1 is 0.968 bits per heavy atom. The van der Waals surface area contributed by atoms with Gasteiger partial charge in [-0.15, -0.1) is 10.2 Å². The minimum atomic E-state index is -3.82. The summed E-state index contributed by atoms with van der Waals surface area (Å²) < 4.78 is 21.1. The van der Waals surface area contributed by atoms with Crippen molar-refractivity contribution in [1.29, 1.82) is 0 Å². The second-order valence-electron chi connectivity index (χ2n) is 6.22. The second kappa shape index (κ2) is 9.04. The normalized spacial score (nSPS) is 12.0. The van der Waals surface area contributed by atoms with Crippen LogP contribution in [-0.4, -0.2) is 30.6 Å². The third-order valence-corrected chi connectivity index (χ3v) is 6.10. The molecule has 12 heteroatoms. The van der Waals surface area contributed by atoms with E-state index in [-0.39, 0.29) is 15.4 Å². The number of amides is 3. The number of anilines is 3. The van der Waals surface area contributed by atoms with Crippen LogP contribution in [0.5, 0.6) is 0 Å². The molecular weight excluding hydrogens is 440 g/mol. The predicted octanol–water partition coefficient (Wildman–Crippen LogP) is 2.53. The van der Waals surface area contributed by atoms with E-state index >= 15 is 0 Å². The van der Waals surface area contributed by atoms with Gasteiger partial charge < -0.3 is 11.1 Å². The standard InChI is InChI=1S/C15H12N2O.C4H6N4O3S2/c16-15(18)17-13-7-3-1-5-11(13)9-10-12-6-2-4-8-14(12)17;1-2(9)6-3-7-8-4(12-3)13(5,10)11/h1-10H,(H2,16,18);1H3,(H2,5,10,11)(H,6,7,9). The van der Waals surface area contributed by atoms with Gasteiger partial charge in [-0.05, 0) is 23.3 Å². The number of fused-ring (bicyclic) bond motifs is 2. The van der Waals surface area contributed by atoms with Crippen molar-refractivity contribution in [2.45, 2.75) is 11.3 Å². The maximum Gasteiger partial charge on any atom is 0.323 e. The number of nitrogens with one attached hydrogen (secondary N) is 1. The summed E-state index contributed by atoms with van der Waals surface area (Å²) in [5.74, 6) is -0.350. The van der Waals surface area contributed by atoms with E-state index in [4.69, 9.17) is 10.9 Å². The molecule has 0 fully saturated rings. The van der Waals surface area contributed by atoms with Crippen LogP contribution in [0.25, 0.3) is 12.2 Å². The van der Waals surface area contributed by atoms with Crippen LogP contribution in [-0.2, 0) is 14.8 Å². The van der Waals surface area contributed by atoms with Crippen LogP contribution in [0.15, 0.2) is 52.9 Å². The Hall–Kier alpha value is -3.61. The van der Waals surface area contributed by atoms with E-state index in [1.54, 1.807) is 4.90 Å². The molecule has 2 heterocycles. The molecule has 0 aliphatic carbocycles. The van der Waals surface area contributed by atoms with Gasteiger partial charge >= 0.3 is 6.03 Å². The maximum atomic E-state index is 11.8. The highest BCUT2D eigenvalue weighted by Gasteiger charge is 2.21. The number of carbonyl (C=O) groups excluding carboxylic acids is 2. The molecule has 31 heavy (non-hydrogen) atoms. The minimum Gasteiger partial charge on any atom is -0.351 e. The minimum absolute atomic E-state index is 0.108. The van der Waals surface area contributed by atoms with Gasteiger partial charge in [0.2, 0.25) is 15.4 Å². The largest absolute Gasteiger partial charge is 0.351 e. The number of hydrogen-bond donors (Lipinski definition) is 3. The van der Waals surface area contributed by atoms with Gasteiger partial charge in [-0.3, -0.25) is 9.69 Å². The smallest absolute Gasteiger partial charge is 0.323 e. The van der Waals surface area contributed by atoms with E-state index in [1.807, 2.05) is 60.7 Å². The first-order valence-electron chi connectivity index (χ1n) is 8.76. The maximum absolute atomic E-state index is 11.8. The fourth-order valence-electron chi connectivity index (χ4n) is 2.74. The van der Waals surface area contributed by atoms with Crippen molar-refractivity contribution >= 4 is 62.0 Å². The third-order valence-electron chi connectivity index (χ3n) is 3.95. The van der Waals surface area contributed by atoms with Crippen LogP contribution in [0.2, 0.25) is 0 Å². The van der Waals surface area contributed by atoms with Crippen LogP contribution >= 0.6 is 11.3 Å². The Morgan fingerprint density at radius 2 is 1.48 bits per heavy atom. The molecule has 0 radical (unpaired) electrons. The second-order valence-corrected chi connectivity index (χ2v) is 8.94. The quantitative estimate of drug-likeness (QED) is 0.500. The SMILES string of the molecule is CC(=O)Nc1nnc(S(N)(=O)=O)s1.NC(=O)N1c2ccccc2C=Cc2ccccc21. The van der Waals surface area contributed by atoms with E-state index in [9.17, 15) is 18.0 Å². The van der Waals surface area contributed by atoms with Crippen LogP contribution in [0.1, 0.15) is 18.1 Å². The van der Waals surface area contributed by atoms with Crippen LogP contribution in [0.3, 0.4) is 0 Å². The van der Waals surface area contributed by atoms with E-state index < -0.39 is 16.1 Å². The van der Waals surface area contributed by atoms with Crippen LogP contribution in [0.4, 0.5) is 21.3 Å². The third kappa shape index (κ3) is 5.31. The fraction of sp³-hybridized carbons (Fsp3) is 0.0526. The molecule has 1 aliphatic rings. The van der Waals surface area contributed by atoms with Crippen molar-refractivity contribution in [3.63, 3.8) is 0 Å². The van der Waals surface area contributed by atoms with Crippen molar-refractivity contribution in [3.05, 3.63) is 59.7 Å². The zero-order valence-corrected chi connectivity index (χ0v) is 17.9. The Balaban J connectivity index is 0.000000187. The molecule has 3 amide bonds. The number of primary amides is 1. The summed E-state index contributed by atoms with van der Waals surface area (Å²) in [4.78, 5) is 23.8. The number of para-hydroxylation sites is 2. The summed E-state index contributed by atoms with van der Waals surface area (Å²) in [7, 11) is -3.82. The van der Waals surface area contributed by atoms with Gasteiger partial charge in [0.05, 0.1) is 11.4 Å². The molecular formula is C19H18N6O4S2. The van der Waals surface area contributed by atoms with Gasteiger partial charge in [0.1, 0.15) is 0 Å². The molecule has 5 N–H and O–H groups in total. The van der Waals surface area contributed by atoms with Crippen molar-refractivity contribution in [2.24, 2.45) is 10.9 Å². The van der Waals surface area contributed by atoms with Crippen LogP contribution < -0.4 is 21.1 Å². The average Bonchev–Trinajstić information content (AvgIpc) is 3.10. The topological polar surface area (TPSA) is 161 Å². The Labute approximate surface area is 182 Å². The molecule has 1 aliphatic heterocycles. The van der Waals surface area contributed by atoms with Crippen molar-refractivity contribution in [2.75, 3.05) is 10.2 Å². The van der Waals surface area contributed by atoms with Gasteiger partial charge in [-0.2, -0.15) is 0 Å². The van der Waals surface area contributed by atoms with E-state index in [0.717, 1.165) is 22.5 Å². The first kappa shape index (κ1) is 22.1. The first-order valence-corrected chi connectivity index (χ1v) is 11.1. The number of nitrogens with zero attached hydrogens (tertiary/aromatic N) is 3. The molecule has 0 saturated heterocycles. The summed E-state index contributed by atoms with van der Waals surface area (Å²) in [6.07, 6.45) is 3.99. The number of carbonyl (C=O) groups is 2. The van der Waals surface area contributed by atoms with Gasteiger partial charge in [0.25, 0.3) is 10.0 Å². The zero-order chi connectivity index (χ0) is 22.6. The summed E-state index contributed by atoms with van der Waals surface area (Å²) in [5, 5.41) is 13.8. The van der Waals surface area contributed by atoms with Crippen molar-refractivity contribution < 1.29 is 18.0 Å². The lowest BCUT2D eigenvalue weighted by Gasteiger charge is -2.22. The molecule has 0 bridgehead atoms. The number of urea groups is 1. The lowest BCUT2D eigenvalue weighted by Crippen LogP contribution is -2.32. The summed E-state index contributed by atoms with van der Waals surface area (Å²) in [6.45, 7) is 1.28. The lowest BCUT2D eigenvalue weighted by atomic mass is 10.1. The first-order chi connectivity index (χ1) is 14.7. The Kier molecular flexibility index (Phi) is 6.44. The fourth-order valence-corrected chi connectivity index (χ4v) is 4.12. The zero-order valence-electron chi connectivity index (χ0n) is 16.2. The van der Waals surface area contributed by atoms with Crippen molar-refractivity contribution in [3.8, 4) is 0 Å². The molecule has 4 rings (SSSR count). The Bertz CT molecular complexity index is 1220. The molecule has 2 aromatic carbocycles. The predicted molar refractivity (Wildman–Crippen MR) is 119 cm³/mol. The summed E-state index contributed by atoms with van der Waals surface area (Å²) >= 11 is 0.701. The summed E-state index contributed by atoms with van der Waals surface area (Å²) in [6, 6.07) is 14.9. The van der Waals surface area contributed by atoms with Gasteiger partial charge in [0.15, 0.2) is 0 Å². The number of sulfonamides is 1. The lowest BCUT2D eigenvalue weighted by molar-refractivity contribution is -0.114. The average molecular weight is 459 g/mol. The molecule has 3 aromatic rings. The van der Waals surface area contributed by atoms with E-state index in [1.165, 1.54) is 6.92 Å². The van der Waals surface area contributed by atoms with Gasteiger partial charge in [0, 0.05) is 6.92 Å². The number of benzene rings is 2. The molecule has 10 nitrogen and oxygen atoms in total. The highest BCUT2D eigenvalue weighted by molar-refractivity contribution is 7.91. The summed E-state index contributed by atoms with van der Waals surface area (Å²) in [5.41, 5.74) is 9.11. The molecule has 160 valence electrons. The van der Waals surface area contributed by atoms with Gasteiger partial charge in [-0.1, -0.05) is 59.9 Å². The highest BCUT2D eigenvalue weighted by atomic mass is 32.2. The number of nitrogens with two attached hydrogens (primary N) is 2. The number of aromatic nitrogens is 2. The van der Waals surface area contributed by atoms with E-state index in [0.29, 0.717) is 11.3 Å². The molecule has 0 spiro atoms. The van der Waals surface area contributed by atoms with E-state index in [2.05, 4.69) is 15.5 Å². The van der Waals surface area contributed by atoms with Gasteiger partial charge in [-0.25, -0.2) is 18.4 Å². The number of rotatable bonds is 2. The molecule has 0 unspecified atom stereocenters. The monoisotopic (exact) mass is 458 g/mol. The molecule has 0 saturated carbocycles. The number of hydrogen-bond acceptors (Lipinski definition) is 7. The van der Waals surface area contributed by atoms with Crippen molar-refractivity contribution in [1.82, 2.24) is 10.2 Å². The molecule has 1 aromatic heterocycles. The Morgan fingerprint density at radius 3 is 1.90 bits per heavy atom. The molecule has 0 atom stereocenters. The van der Waals surface area contributed by atoms with Crippen LogP contribution in [0, 0.1) is 0 Å². The highest BCUT2D eigenvalue weighted by Crippen LogP contribution is 2.35.